The number of nitrogens with one attached hydrogen (secondary N) is 1. The minimum atomic E-state index is -3.00. The van der Waals surface area contributed by atoms with E-state index in [0.29, 0.717) is 18.5 Å². The molecule has 25 heavy (non-hydrogen) atoms. The first-order valence-electron chi connectivity index (χ1n) is 8.04. The fourth-order valence-electron chi connectivity index (χ4n) is 2.88. The van der Waals surface area contributed by atoms with E-state index in [1.807, 2.05) is 0 Å². The average molecular weight is 393 g/mol. The standard InChI is InChI=1S/C16H22ClFN2O4S/c1-11(21)9-20(13-4-6-25(23,24)7-5-13)10-16(22)19-12-2-3-15(18)14(17)8-12/h2-3,8,11,13,21H,4-7,9-10H2,1H3,(H,19,22)/t11-/m0/s1. The molecule has 1 fully saturated rings. The quantitative estimate of drug-likeness (QED) is 0.769. The topological polar surface area (TPSA) is 86.7 Å². The van der Waals surface area contributed by atoms with Crippen LogP contribution in [0.1, 0.15) is 19.8 Å². The molecule has 1 saturated heterocycles. The molecule has 0 aromatic heterocycles. The van der Waals surface area contributed by atoms with Gasteiger partial charge >= 0.3 is 0 Å². The first-order valence-corrected chi connectivity index (χ1v) is 10.2. The number of anilines is 1. The van der Waals surface area contributed by atoms with Crippen molar-refractivity contribution in [3.63, 3.8) is 0 Å². The molecule has 9 heteroatoms. The Morgan fingerprint density at radius 2 is 2.08 bits per heavy atom. The minimum absolute atomic E-state index is 0.00457. The molecule has 1 amide bonds. The van der Waals surface area contributed by atoms with Crippen LogP contribution in [0.5, 0.6) is 0 Å². The normalized spacial score (nSPS) is 18.9. The molecule has 1 aromatic carbocycles. The van der Waals surface area contributed by atoms with Crippen LogP contribution in [0.4, 0.5) is 10.1 Å². The van der Waals surface area contributed by atoms with Gasteiger partial charge in [0.05, 0.1) is 29.2 Å². The van der Waals surface area contributed by atoms with Gasteiger partial charge in [0.2, 0.25) is 5.91 Å². The van der Waals surface area contributed by atoms with Gasteiger partial charge in [-0.15, -0.1) is 0 Å². The summed E-state index contributed by atoms with van der Waals surface area (Å²) in [6.45, 7) is 1.89. The van der Waals surface area contributed by atoms with E-state index in [-0.39, 0.29) is 41.6 Å². The summed E-state index contributed by atoms with van der Waals surface area (Å²) in [7, 11) is -3.00. The van der Waals surface area contributed by atoms with E-state index in [1.165, 1.54) is 12.1 Å². The van der Waals surface area contributed by atoms with Crippen molar-refractivity contribution in [3.05, 3.63) is 29.0 Å². The van der Waals surface area contributed by atoms with Crippen LogP contribution in [0.15, 0.2) is 18.2 Å². The highest BCUT2D eigenvalue weighted by Crippen LogP contribution is 2.21. The Morgan fingerprint density at radius 1 is 1.44 bits per heavy atom. The van der Waals surface area contributed by atoms with Crippen molar-refractivity contribution in [1.82, 2.24) is 4.90 Å². The Hall–Kier alpha value is -1.22. The Labute approximate surface area is 151 Å². The van der Waals surface area contributed by atoms with Crippen molar-refractivity contribution in [2.45, 2.75) is 31.9 Å². The molecule has 6 nitrogen and oxygen atoms in total. The zero-order valence-electron chi connectivity index (χ0n) is 13.9. The van der Waals surface area contributed by atoms with Gasteiger partial charge in [-0.3, -0.25) is 9.69 Å². The maximum absolute atomic E-state index is 13.2. The van der Waals surface area contributed by atoms with Crippen LogP contribution in [-0.4, -0.2) is 61.1 Å². The summed E-state index contributed by atoms with van der Waals surface area (Å²) in [5, 5.41) is 12.2. The van der Waals surface area contributed by atoms with Crippen molar-refractivity contribution >= 4 is 33.0 Å². The highest BCUT2D eigenvalue weighted by molar-refractivity contribution is 7.91. The molecule has 2 rings (SSSR count). The number of aliphatic hydroxyl groups excluding tert-OH is 1. The maximum Gasteiger partial charge on any atom is 0.238 e. The number of amides is 1. The van der Waals surface area contributed by atoms with E-state index >= 15 is 0 Å². The zero-order valence-corrected chi connectivity index (χ0v) is 15.5. The second kappa shape index (κ2) is 8.44. The van der Waals surface area contributed by atoms with Crippen molar-refractivity contribution in [3.8, 4) is 0 Å². The van der Waals surface area contributed by atoms with Crippen LogP contribution in [-0.2, 0) is 14.6 Å². The fraction of sp³-hybridized carbons (Fsp3) is 0.562. The monoisotopic (exact) mass is 392 g/mol. The predicted octanol–water partition coefficient (Wildman–Crippen LogP) is 1.68. The second-order valence-electron chi connectivity index (χ2n) is 6.34. The summed E-state index contributed by atoms with van der Waals surface area (Å²) in [5.41, 5.74) is 0.375. The minimum Gasteiger partial charge on any atom is -0.392 e. The van der Waals surface area contributed by atoms with Gasteiger partial charge < -0.3 is 10.4 Å². The van der Waals surface area contributed by atoms with Gasteiger partial charge in [0.15, 0.2) is 0 Å². The summed E-state index contributed by atoms with van der Waals surface area (Å²) in [4.78, 5) is 14.1. The van der Waals surface area contributed by atoms with Crippen LogP contribution in [0.2, 0.25) is 5.02 Å². The van der Waals surface area contributed by atoms with Gasteiger partial charge in [-0.05, 0) is 38.0 Å². The smallest absolute Gasteiger partial charge is 0.238 e. The summed E-state index contributed by atoms with van der Waals surface area (Å²) in [5.74, 6) is -0.734. The average Bonchev–Trinajstić information content (AvgIpc) is 2.50. The predicted molar refractivity (Wildman–Crippen MR) is 95.0 cm³/mol. The summed E-state index contributed by atoms with van der Waals surface area (Å²) >= 11 is 5.69. The lowest BCUT2D eigenvalue weighted by molar-refractivity contribution is -0.118. The summed E-state index contributed by atoms with van der Waals surface area (Å²) in [6.07, 6.45) is 0.224. The molecule has 0 unspecified atom stereocenters. The van der Waals surface area contributed by atoms with Crippen LogP contribution < -0.4 is 5.32 Å². The molecule has 1 aliphatic rings. The molecule has 140 valence electrons. The number of aliphatic hydroxyl groups is 1. The van der Waals surface area contributed by atoms with Crippen LogP contribution >= 0.6 is 11.6 Å². The summed E-state index contributed by atoms with van der Waals surface area (Å²) < 4.78 is 36.3. The fourth-order valence-corrected chi connectivity index (χ4v) is 4.53. The first-order chi connectivity index (χ1) is 11.7. The molecule has 0 saturated carbocycles. The van der Waals surface area contributed by atoms with Gasteiger partial charge in [-0.2, -0.15) is 0 Å². The number of benzene rings is 1. The number of halogens is 2. The highest BCUT2D eigenvalue weighted by atomic mass is 35.5. The van der Waals surface area contributed by atoms with E-state index in [1.54, 1.807) is 11.8 Å². The van der Waals surface area contributed by atoms with Crippen LogP contribution in [0.25, 0.3) is 0 Å². The number of rotatable bonds is 6. The van der Waals surface area contributed by atoms with Crippen molar-refractivity contribution in [2.75, 3.05) is 29.9 Å². The third-order valence-electron chi connectivity index (χ3n) is 4.09. The lowest BCUT2D eigenvalue weighted by Crippen LogP contribution is -2.47. The van der Waals surface area contributed by atoms with Gasteiger partial charge in [0.25, 0.3) is 0 Å². The molecule has 1 atom stereocenters. The van der Waals surface area contributed by atoms with E-state index in [9.17, 15) is 22.7 Å². The van der Waals surface area contributed by atoms with E-state index in [2.05, 4.69) is 5.32 Å². The Kier molecular flexibility index (Phi) is 6.79. The molecule has 0 aliphatic carbocycles. The molecule has 1 heterocycles. The second-order valence-corrected chi connectivity index (χ2v) is 9.05. The molecule has 1 aromatic rings. The third-order valence-corrected chi connectivity index (χ3v) is 6.09. The molecule has 0 radical (unpaired) electrons. The SMILES string of the molecule is C[C@H](O)CN(CC(=O)Nc1ccc(F)c(Cl)c1)C1CCS(=O)(=O)CC1. The molecule has 1 aliphatic heterocycles. The lowest BCUT2D eigenvalue weighted by Gasteiger charge is -2.34. The molecule has 0 spiro atoms. The molecular weight excluding hydrogens is 371 g/mol. The van der Waals surface area contributed by atoms with Gasteiger partial charge in [0, 0.05) is 18.3 Å². The zero-order chi connectivity index (χ0) is 18.6. The number of hydrogen-bond acceptors (Lipinski definition) is 5. The number of sulfone groups is 1. The molecule has 0 bridgehead atoms. The summed E-state index contributed by atoms with van der Waals surface area (Å²) in [6, 6.07) is 3.81. The van der Waals surface area contributed by atoms with Gasteiger partial charge in [-0.25, -0.2) is 12.8 Å². The largest absolute Gasteiger partial charge is 0.392 e. The number of hydrogen-bond donors (Lipinski definition) is 2. The maximum atomic E-state index is 13.2. The lowest BCUT2D eigenvalue weighted by atomic mass is 10.1. The van der Waals surface area contributed by atoms with Crippen molar-refractivity contribution < 1.29 is 22.7 Å². The van der Waals surface area contributed by atoms with E-state index in [0.717, 1.165) is 6.07 Å². The Morgan fingerprint density at radius 3 is 2.64 bits per heavy atom. The molecule has 2 N–H and O–H groups in total. The van der Waals surface area contributed by atoms with Crippen molar-refractivity contribution in [2.24, 2.45) is 0 Å². The van der Waals surface area contributed by atoms with Crippen LogP contribution in [0, 0.1) is 5.82 Å². The first kappa shape index (κ1) is 20.1. The van der Waals surface area contributed by atoms with Gasteiger partial charge in [-0.1, -0.05) is 11.6 Å². The number of carbonyl (C=O) groups is 1. The van der Waals surface area contributed by atoms with E-state index < -0.39 is 21.8 Å². The number of carbonyl (C=O) groups excluding carboxylic acids is 1. The van der Waals surface area contributed by atoms with Gasteiger partial charge in [0.1, 0.15) is 15.7 Å². The highest BCUT2D eigenvalue weighted by Gasteiger charge is 2.29. The number of nitrogens with zero attached hydrogens (tertiary/aromatic N) is 1. The Bertz CT molecular complexity index is 713. The van der Waals surface area contributed by atoms with E-state index in [4.69, 9.17) is 11.6 Å². The third kappa shape index (κ3) is 6.22. The van der Waals surface area contributed by atoms with Crippen molar-refractivity contribution in [1.29, 1.82) is 0 Å². The Balaban J connectivity index is 2.00. The molecular formula is C16H22ClFN2O4S. The van der Waals surface area contributed by atoms with Crippen LogP contribution in [0.3, 0.4) is 0 Å².